The molecule has 6 heteroatoms. The second-order valence-corrected chi connectivity index (χ2v) is 5.01. The number of rotatable bonds is 8. The molecule has 106 valence electrons. The van der Waals surface area contributed by atoms with Crippen LogP contribution < -0.4 is 10.6 Å². The number of carbonyl (C=O) groups excluding carboxylic acids is 1. The highest BCUT2D eigenvalue weighted by Gasteiger charge is 2.01. The third-order valence-electron chi connectivity index (χ3n) is 2.37. The average Bonchev–Trinajstić information content (AvgIpc) is 2.41. The monoisotopic (exact) mass is 286 g/mol. The molecule has 0 bridgehead atoms. The molecule has 0 aromatic heterocycles. The van der Waals surface area contributed by atoms with E-state index in [0.29, 0.717) is 30.8 Å². The molecule has 0 atom stereocenters. The molecule has 0 aliphatic rings. The van der Waals surface area contributed by atoms with Gasteiger partial charge in [0.2, 0.25) is 0 Å². The first-order chi connectivity index (χ1) is 9.24. The molecule has 0 aliphatic heterocycles. The highest BCUT2D eigenvalue weighted by Crippen LogP contribution is 2.14. The molecule has 1 rings (SSSR count). The Morgan fingerprint density at radius 3 is 2.74 bits per heavy atom. The van der Waals surface area contributed by atoms with Crippen molar-refractivity contribution in [3.8, 4) is 0 Å². The van der Waals surface area contributed by atoms with Gasteiger partial charge in [0, 0.05) is 31.2 Å². The smallest absolute Gasteiger partial charge is 0.314 e. The Morgan fingerprint density at radius 1 is 1.26 bits per heavy atom. The van der Waals surface area contributed by atoms with Crippen molar-refractivity contribution in [2.75, 3.05) is 25.4 Å². The fourth-order valence-corrected chi connectivity index (χ4v) is 2.22. The highest BCUT2D eigenvalue weighted by atomic mass is 32.2. The molecule has 4 nitrogen and oxygen atoms in total. The van der Waals surface area contributed by atoms with Crippen LogP contribution in [0.5, 0.6) is 0 Å². The van der Waals surface area contributed by atoms with Crippen molar-refractivity contribution in [1.29, 1.82) is 0 Å². The lowest BCUT2D eigenvalue weighted by Crippen LogP contribution is -2.37. The molecule has 3 N–H and O–H groups in total. The van der Waals surface area contributed by atoms with Gasteiger partial charge in [0.1, 0.15) is 5.82 Å². The first-order valence-electron chi connectivity index (χ1n) is 6.17. The van der Waals surface area contributed by atoms with Gasteiger partial charge in [0.05, 0.1) is 0 Å². The van der Waals surface area contributed by atoms with Gasteiger partial charge < -0.3 is 15.7 Å². The summed E-state index contributed by atoms with van der Waals surface area (Å²) in [4.78, 5) is 11.2. The number of halogens is 1. The second kappa shape index (κ2) is 9.63. The third kappa shape index (κ3) is 7.03. The number of hydrogen-bond acceptors (Lipinski definition) is 3. The number of thioether (sulfide) groups is 1. The first kappa shape index (κ1) is 15.8. The molecule has 0 spiro atoms. The van der Waals surface area contributed by atoms with Crippen LogP contribution in [-0.4, -0.2) is 36.6 Å². The van der Waals surface area contributed by atoms with Crippen LogP contribution in [0.1, 0.15) is 12.0 Å². The molecule has 0 saturated carbocycles. The third-order valence-corrected chi connectivity index (χ3v) is 3.38. The van der Waals surface area contributed by atoms with Crippen LogP contribution in [0.25, 0.3) is 0 Å². The first-order valence-corrected chi connectivity index (χ1v) is 7.33. The largest absolute Gasteiger partial charge is 0.396 e. The van der Waals surface area contributed by atoms with Crippen LogP contribution in [0.15, 0.2) is 24.3 Å². The van der Waals surface area contributed by atoms with Gasteiger partial charge >= 0.3 is 6.03 Å². The molecule has 2 amide bonds. The summed E-state index contributed by atoms with van der Waals surface area (Å²) in [5.41, 5.74) is 0.680. The fourth-order valence-electron chi connectivity index (χ4n) is 1.38. The van der Waals surface area contributed by atoms with Crippen molar-refractivity contribution in [2.45, 2.75) is 12.2 Å². The molecule has 0 saturated heterocycles. The standard InChI is InChI=1S/C13H19FN2O2S/c14-12-5-2-1-4-11(12)10-19-9-7-16-13(18)15-6-3-8-17/h1-2,4-5,17H,3,6-10H2,(H2,15,16,18). The zero-order chi connectivity index (χ0) is 13.9. The summed E-state index contributed by atoms with van der Waals surface area (Å²) < 4.78 is 13.3. The summed E-state index contributed by atoms with van der Waals surface area (Å²) in [7, 11) is 0. The summed E-state index contributed by atoms with van der Waals surface area (Å²) in [6.45, 7) is 1.06. The normalized spacial score (nSPS) is 10.2. The van der Waals surface area contributed by atoms with Gasteiger partial charge in [-0.25, -0.2) is 9.18 Å². The summed E-state index contributed by atoms with van der Waals surface area (Å²) >= 11 is 1.57. The molecular formula is C13H19FN2O2S. The van der Waals surface area contributed by atoms with Crippen LogP contribution in [0.2, 0.25) is 0 Å². The van der Waals surface area contributed by atoms with Gasteiger partial charge in [0.25, 0.3) is 0 Å². The number of urea groups is 1. The van der Waals surface area contributed by atoms with Crippen molar-refractivity contribution >= 4 is 17.8 Å². The van der Waals surface area contributed by atoms with Crippen molar-refractivity contribution < 1.29 is 14.3 Å². The molecule has 1 aromatic carbocycles. The van der Waals surface area contributed by atoms with Crippen molar-refractivity contribution in [3.63, 3.8) is 0 Å². The van der Waals surface area contributed by atoms with Crippen LogP contribution in [0.3, 0.4) is 0 Å². The van der Waals surface area contributed by atoms with Gasteiger partial charge in [0.15, 0.2) is 0 Å². The zero-order valence-electron chi connectivity index (χ0n) is 10.7. The average molecular weight is 286 g/mol. The predicted octanol–water partition coefficient (Wildman–Crippen LogP) is 1.74. The molecule has 0 fully saturated rings. The highest BCUT2D eigenvalue weighted by molar-refractivity contribution is 7.98. The topological polar surface area (TPSA) is 61.4 Å². The van der Waals surface area contributed by atoms with E-state index in [4.69, 9.17) is 5.11 Å². The maximum Gasteiger partial charge on any atom is 0.314 e. The van der Waals surface area contributed by atoms with E-state index in [9.17, 15) is 9.18 Å². The van der Waals surface area contributed by atoms with E-state index < -0.39 is 0 Å². The Morgan fingerprint density at radius 2 is 2.00 bits per heavy atom. The Kier molecular flexibility index (Phi) is 8.00. The molecule has 0 heterocycles. The van der Waals surface area contributed by atoms with Crippen molar-refractivity contribution in [1.82, 2.24) is 10.6 Å². The van der Waals surface area contributed by atoms with Crippen LogP contribution in [0.4, 0.5) is 9.18 Å². The number of amides is 2. The Hall–Kier alpha value is -1.27. The van der Waals surface area contributed by atoms with E-state index in [-0.39, 0.29) is 18.5 Å². The minimum atomic E-state index is -0.236. The lowest BCUT2D eigenvalue weighted by Gasteiger charge is -2.07. The number of nitrogens with one attached hydrogen (secondary N) is 2. The predicted molar refractivity (Wildman–Crippen MR) is 75.7 cm³/mol. The number of aliphatic hydroxyl groups is 1. The number of benzene rings is 1. The Labute approximate surface area is 116 Å². The molecule has 19 heavy (non-hydrogen) atoms. The van der Waals surface area contributed by atoms with Crippen molar-refractivity contribution in [2.24, 2.45) is 0 Å². The maximum atomic E-state index is 13.3. The summed E-state index contributed by atoms with van der Waals surface area (Å²) in [6, 6.07) is 6.45. The van der Waals surface area contributed by atoms with Gasteiger partial charge in [-0.3, -0.25) is 0 Å². The Balaban J connectivity index is 2.05. The van der Waals surface area contributed by atoms with Crippen LogP contribution >= 0.6 is 11.8 Å². The lowest BCUT2D eigenvalue weighted by atomic mass is 10.2. The van der Waals surface area contributed by atoms with E-state index in [1.807, 2.05) is 6.07 Å². The summed E-state index contributed by atoms with van der Waals surface area (Å²) in [6.07, 6.45) is 0.551. The van der Waals surface area contributed by atoms with Gasteiger partial charge in [-0.2, -0.15) is 11.8 Å². The summed E-state index contributed by atoms with van der Waals surface area (Å²) in [5, 5.41) is 13.9. The lowest BCUT2D eigenvalue weighted by molar-refractivity contribution is 0.238. The fraction of sp³-hybridized carbons (Fsp3) is 0.462. The van der Waals surface area contributed by atoms with E-state index in [2.05, 4.69) is 10.6 Å². The second-order valence-electron chi connectivity index (χ2n) is 3.90. The molecule has 0 unspecified atom stereocenters. The number of hydrogen-bond donors (Lipinski definition) is 3. The Bertz CT molecular complexity index is 391. The van der Waals surface area contributed by atoms with Gasteiger partial charge in [-0.1, -0.05) is 18.2 Å². The maximum absolute atomic E-state index is 13.3. The minimum absolute atomic E-state index is 0.0682. The van der Waals surface area contributed by atoms with E-state index in [0.717, 1.165) is 5.75 Å². The molecule has 0 aliphatic carbocycles. The van der Waals surface area contributed by atoms with Crippen LogP contribution in [-0.2, 0) is 5.75 Å². The number of aliphatic hydroxyl groups excluding tert-OH is 1. The van der Waals surface area contributed by atoms with Gasteiger partial charge in [-0.05, 0) is 18.1 Å². The SMILES string of the molecule is O=C(NCCCO)NCCSCc1ccccc1F. The summed E-state index contributed by atoms with van der Waals surface area (Å²) in [5.74, 6) is 1.13. The van der Waals surface area contributed by atoms with E-state index in [1.54, 1.807) is 23.9 Å². The van der Waals surface area contributed by atoms with Crippen LogP contribution in [0, 0.1) is 5.82 Å². The van der Waals surface area contributed by atoms with E-state index >= 15 is 0 Å². The van der Waals surface area contributed by atoms with E-state index in [1.165, 1.54) is 6.07 Å². The molecule has 1 aromatic rings. The zero-order valence-corrected chi connectivity index (χ0v) is 11.5. The minimum Gasteiger partial charge on any atom is -0.396 e. The molecular weight excluding hydrogens is 267 g/mol. The van der Waals surface area contributed by atoms with Gasteiger partial charge in [-0.15, -0.1) is 0 Å². The van der Waals surface area contributed by atoms with Crippen molar-refractivity contribution in [3.05, 3.63) is 35.6 Å². The number of carbonyl (C=O) groups is 1. The quantitative estimate of drug-likeness (QED) is 0.638. The molecule has 0 radical (unpaired) electrons.